The lowest BCUT2D eigenvalue weighted by atomic mass is 10.1. The molecule has 0 aliphatic heterocycles. The maximum Gasteiger partial charge on any atom is 0.417 e. The molecule has 0 radical (unpaired) electrons. The number of anilines is 1. The van der Waals surface area contributed by atoms with E-state index < -0.39 is 23.3 Å². The predicted octanol–water partition coefficient (Wildman–Crippen LogP) is 2.75. The second-order valence-electron chi connectivity index (χ2n) is 2.72. The Bertz CT molecular complexity index is 417. The highest BCUT2D eigenvalue weighted by Crippen LogP contribution is 2.37. The summed E-state index contributed by atoms with van der Waals surface area (Å²) in [5.74, 6) is -1.49. The lowest BCUT2D eigenvalue weighted by molar-refractivity contribution is -0.138. The van der Waals surface area contributed by atoms with E-state index in [4.69, 9.17) is 10.8 Å². The summed E-state index contributed by atoms with van der Waals surface area (Å²) in [5, 5.41) is 8.58. The van der Waals surface area contributed by atoms with Crippen molar-refractivity contribution in [3.05, 3.63) is 27.7 Å². The molecule has 82 valence electrons. The van der Waals surface area contributed by atoms with E-state index in [0.717, 1.165) is 6.07 Å². The van der Waals surface area contributed by atoms with Gasteiger partial charge in [-0.15, -0.1) is 0 Å². The van der Waals surface area contributed by atoms with Crippen molar-refractivity contribution < 1.29 is 23.1 Å². The quantitative estimate of drug-likeness (QED) is 0.779. The van der Waals surface area contributed by atoms with Crippen molar-refractivity contribution in [2.24, 2.45) is 0 Å². The maximum absolute atomic E-state index is 12.4. The van der Waals surface area contributed by atoms with Gasteiger partial charge in [0.1, 0.15) is 0 Å². The van der Waals surface area contributed by atoms with Crippen molar-refractivity contribution in [3.63, 3.8) is 0 Å². The van der Waals surface area contributed by atoms with E-state index in [9.17, 15) is 18.0 Å². The Balaban J connectivity index is 3.43. The summed E-state index contributed by atoms with van der Waals surface area (Å²) < 4.78 is 36.8. The number of nitrogens with two attached hydrogens (primary N) is 1. The minimum absolute atomic E-state index is 0.220. The first-order valence-electron chi connectivity index (χ1n) is 3.63. The van der Waals surface area contributed by atoms with Crippen molar-refractivity contribution in [2.45, 2.75) is 6.18 Å². The van der Waals surface area contributed by atoms with Crippen LogP contribution >= 0.6 is 15.9 Å². The van der Waals surface area contributed by atoms with Crippen LogP contribution < -0.4 is 5.73 Å². The third-order valence-electron chi connectivity index (χ3n) is 1.68. The van der Waals surface area contributed by atoms with Gasteiger partial charge < -0.3 is 10.8 Å². The summed E-state index contributed by atoms with van der Waals surface area (Å²) in [6.45, 7) is 0. The Labute approximate surface area is 90.8 Å². The number of nitrogen functional groups attached to an aromatic ring is 1. The Morgan fingerprint density at radius 2 is 1.93 bits per heavy atom. The van der Waals surface area contributed by atoms with Gasteiger partial charge in [0.2, 0.25) is 0 Å². The van der Waals surface area contributed by atoms with Crippen molar-refractivity contribution in [3.8, 4) is 0 Å². The number of carboxylic acids is 1. The van der Waals surface area contributed by atoms with Gasteiger partial charge in [0, 0.05) is 10.2 Å². The van der Waals surface area contributed by atoms with Crippen molar-refractivity contribution >= 4 is 27.6 Å². The lowest BCUT2D eigenvalue weighted by Gasteiger charge is -2.11. The number of carboxylic acid groups (broad SMARTS) is 1. The summed E-state index contributed by atoms with van der Waals surface area (Å²) in [7, 11) is 0. The molecular weight excluding hydrogens is 279 g/mol. The van der Waals surface area contributed by atoms with Crippen LogP contribution in [0, 0.1) is 0 Å². The second kappa shape index (κ2) is 3.73. The Hall–Kier alpha value is -1.24. The van der Waals surface area contributed by atoms with Crippen LogP contribution in [-0.4, -0.2) is 11.1 Å². The third-order valence-corrected chi connectivity index (χ3v) is 2.33. The smallest absolute Gasteiger partial charge is 0.417 e. The normalized spacial score (nSPS) is 11.5. The average Bonchev–Trinajstić information content (AvgIpc) is 2.00. The van der Waals surface area contributed by atoms with E-state index in [-0.39, 0.29) is 10.2 Å². The fourth-order valence-electron chi connectivity index (χ4n) is 0.991. The van der Waals surface area contributed by atoms with E-state index in [1.165, 1.54) is 0 Å². The highest BCUT2D eigenvalue weighted by Gasteiger charge is 2.34. The number of benzene rings is 1. The van der Waals surface area contributed by atoms with Crippen LogP contribution in [0.5, 0.6) is 0 Å². The van der Waals surface area contributed by atoms with Crippen LogP contribution in [0.4, 0.5) is 18.9 Å². The number of rotatable bonds is 1. The van der Waals surface area contributed by atoms with Gasteiger partial charge in [0.05, 0.1) is 11.1 Å². The fourth-order valence-corrected chi connectivity index (χ4v) is 1.58. The molecule has 0 saturated heterocycles. The molecule has 0 bridgehead atoms. The van der Waals surface area contributed by atoms with Gasteiger partial charge in [-0.2, -0.15) is 13.2 Å². The lowest BCUT2D eigenvalue weighted by Crippen LogP contribution is -2.10. The first-order chi connectivity index (χ1) is 6.73. The monoisotopic (exact) mass is 283 g/mol. The molecule has 3 N–H and O–H groups in total. The van der Waals surface area contributed by atoms with E-state index >= 15 is 0 Å². The molecule has 15 heavy (non-hydrogen) atoms. The van der Waals surface area contributed by atoms with Crippen molar-refractivity contribution in [1.29, 1.82) is 0 Å². The molecule has 3 nitrogen and oxygen atoms in total. The Morgan fingerprint density at radius 3 is 2.33 bits per heavy atom. The Morgan fingerprint density at radius 1 is 1.40 bits per heavy atom. The minimum Gasteiger partial charge on any atom is -0.478 e. The van der Waals surface area contributed by atoms with Gasteiger partial charge in [0.15, 0.2) is 0 Å². The average molecular weight is 284 g/mol. The number of alkyl halides is 3. The molecule has 0 fully saturated rings. The molecule has 1 aromatic rings. The summed E-state index contributed by atoms with van der Waals surface area (Å²) in [5.41, 5.74) is 3.41. The van der Waals surface area contributed by atoms with E-state index in [2.05, 4.69) is 15.9 Å². The molecule has 1 aromatic carbocycles. The van der Waals surface area contributed by atoms with Crippen LogP contribution in [0.1, 0.15) is 15.9 Å². The maximum atomic E-state index is 12.4. The Kier molecular flexibility index (Phi) is 2.94. The van der Waals surface area contributed by atoms with E-state index in [1.807, 2.05) is 0 Å². The molecule has 0 spiro atoms. The van der Waals surface area contributed by atoms with Crippen molar-refractivity contribution in [2.75, 3.05) is 5.73 Å². The fraction of sp³-hybridized carbons (Fsp3) is 0.125. The molecule has 0 atom stereocenters. The number of hydrogen-bond acceptors (Lipinski definition) is 2. The molecule has 1 rings (SSSR count). The molecule has 0 amide bonds. The first kappa shape index (κ1) is 11.8. The standard InChI is InChI=1S/C8H5BrF3NO2/c9-5-2-6(13)3(7(14)15)1-4(5)8(10,11)12/h1-2H,13H2,(H,14,15). The molecular formula is C8H5BrF3NO2. The van der Waals surface area contributed by atoms with Crippen LogP contribution in [0.25, 0.3) is 0 Å². The van der Waals surface area contributed by atoms with Gasteiger partial charge in [-0.1, -0.05) is 15.9 Å². The van der Waals surface area contributed by atoms with Gasteiger partial charge in [0.25, 0.3) is 0 Å². The molecule has 7 heteroatoms. The second-order valence-corrected chi connectivity index (χ2v) is 3.58. The summed E-state index contributed by atoms with van der Waals surface area (Å²) in [6.07, 6.45) is -4.61. The molecule has 0 heterocycles. The molecule has 0 aliphatic carbocycles. The number of hydrogen-bond donors (Lipinski definition) is 2. The number of carbonyl (C=O) groups is 1. The first-order valence-corrected chi connectivity index (χ1v) is 4.42. The molecule has 0 aromatic heterocycles. The predicted molar refractivity (Wildman–Crippen MR) is 50.5 cm³/mol. The van der Waals surface area contributed by atoms with E-state index in [1.54, 1.807) is 0 Å². The van der Waals surface area contributed by atoms with Crippen LogP contribution in [0.2, 0.25) is 0 Å². The van der Waals surface area contributed by atoms with E-state index in [0.29, 0.717) is 6.07 Å². The SMILES string of the molecule is Nc1cc(Br)c(C(F)(F)F)cc1C(=O)O. The van der Waals surface area contributed by atoms with Gasteiger partial charge >= 0.3 is 12.1 Å². The highest BCUT2D eigenvalue weighted by molar-refractivity contribution is 9.10. The highest BCUT2D eigenvalue weighted by atomic mass is 79.9. The largest absolute Gasteiger partial charge is 0.478 e. The van der Waals surface area contributed by atoms with Gasteiger partial charge in [-0.25, -0.2) is 4.79 Å². The summed E-state index contributed by atoms with van der Waals surface area (Å²) in [6, 6.07) is 1.42. The van der Waals surface area contributed by atoms with Crippen molar-refractivity contribution in [1.82, 2.24) is 0 Å². The molecule has 0 saturated carbocycles. The zero-order chi connectivity index (χ0) is 11.8. The topological polar surface area (TPSA) is 63.3 Å². The van der Waals surface area contributed by atoms with Crippen LogP contribution in [0.3, 0.4) is 0 Å². The minimum atomic E-state index is -4.61. The molecule has 0 aliphatic rings. The van der Waals surface area contributed by atoms with Crippen LogP contribution in [-0.2, 0) is 6.18 Å². The molecule has 0 unspecified atom stereocenters. The zero-order valence-corrected chi connectivity index (χ0v) is 8.69. The number of aromatic carboxylic acids is 1. The summed E-state index contributed by atoms with van der Waals surface area (Å²) >= 11 is 2.67. The third kappa shape index (κ3) is 2.41. The zero-order valence-electron chi connectivity index (χ0n) is 7.10. The number of halogens is 4. The van der Waals surface area contributed by atoms with Crippen LogP contribution in [0.15, 0.2) is 16.6 Å². The summed E-state index contributed by atoms with van der Waals surface area (Å²) in [4.78, 5) is 10.5. The van der Waals surface area contributed by atoms with Gasteiger partial charge in [-0.3, -0.25) is 0 Å². The van der Waals surface area contributed by atoms with Gasteiger partial charge in [-0.05, 0) is 12.1 Å².